The van der Waals surface area contributed by atoms with E-state index in [0.29, 0.717) is 41.6 Å². The number of benzene rings is 1. The van der Waals surface area contributed by atoms with Crippen LogP contribution in [0.5, 0.6) is 17.2 Å². The van der Waals surface area contributed by atoms with E-state index in [1.54, 1.807) is 28.3 Å². The van der Waals surface area contributed by atoms with Gasteiger partial charge in [-0.15, -0.1) is 11.3 Å². The lowest BCUT2D eigenvalue weighted by atomic mass is 10.0. The van der Waals surface area contributed by atoms with E-state index in [2.05, 4.69) is 20.4 Å². The number of hydrogen-bond acceptors (Lipinski definition) is 9. The van der Waals surface area contributed by atoms with Crippen molar-refractivity contribution < 1.29 is 28.5 Å². The molecule has 0 unspecified atom stereocenters. The van der Waals surface area contributed by atoms with E-state index in [4.69, 9.17) is 18.9 Å². The van der Waals surface area contributed by atoms with Gasteiger partial charge in [-0.05, 0) is 24.4 Å². The summed E-state index contributed by atoms with van der Waals surface area (Å²) in [7, 11) is 4.83. The van der Waals surface area contributed by atoms with Crippen molar-refractivity contribution in [2.24, 2.45) is 0 Å². The fourth-order valence-corrected chi connectivity index (χ4v) is 5.50. The monoisotopic (exact) mass is 530 g/mol. The molecule has 3 heterocycles. The Morgan fingerprint density at radius 3 is 2.30 bits per heavy atom. The molecule has 1 saturated heterocycles. The van der Waals surface area contributed by atoms with Crippen LogP contribution < -0.4 is 24.8 Å². The molecule has 2 aromatic rings. The van der Waals surface area contributed by atoms with Crippen LogP contribution in [0.3, 0.4) is 0 Å². The Morgan fingerprint density at radius 2 is 1.70 bits per heavy atom. The van der Waals surface area contributed by atoms with E-state index in [0.717, 1.165) is 36.6 Å². The van der Waals surface area contributed by atoms with Crippen molar-refractivity contribution in [1.29, 1.82) is 0 Å². The normalized spacial score (nSPS) is 18.7. The van der Waals surface area contributed by atoms with Gasteiger partial charge >= 0.3 is 12.0 Å². The van der Waals surface area contributed by atoms with Gasteiger partial charge in [0.05, 0.1) is 39.6 Å². The number of urea groups is 1. The molecule has 2 aliphatic heterocycles. The number of thiophene rings is 1. The van der Waals surface area contributed by atoms with Crippen molar-refractivity contribution in [2.75, 3.05) is 60.7 Å². The minimum Gasteiger partial charge on any atom is -0.493 e. The number of amides is 2. The molecule has 200 valence electrons. The zero-order valence-corrected chi connectivity index (χ0v) is 22.5. The molecule has 0 bridgehead atoms. The number of ether oxygens (including phenoxy) is 4. The van der Waals surface area contributed by atoms with Gasteiger partial charge in [0, 0.05) is 55.4 Å². The van der Waals surface area contributed by atoms with Crippen molar-refractivity contribution in [1.82, 2.24) is 20.4 Å². The minimum atomic E-state index is -0.526. The standard InChI is InChI=1S/C26H34N4O6S/c1-5-36-25(31)21-18(27-26(32)28-22(21)20-7-6-14-37-20)16-30-12-10-29(11-13-30)15-17-8-9-19(33-2)24(35-4)23(17)34-3/h6-9,14,22H,5,10-13,15-16H2,1-4H3,(H2,27,28,32)/t22-/m1/s1. The highest BCUT2D eigenvalue weighted by Crippen LogP contribution is 2.40. The third kappa shape index (κ3) is 6.00. The quantitative estimate of drug-likeness (QED) is 0.453. The van der Waals surface area contributed by atoms with Crippen LogP contribution >= 0.6 is 11.3 Å². The van der Waals surface area contributed by atoms with Crippen LogP contribution in [0.1, 0.15) is 23.4 Å². The zero-order valence-electron chi connectivity index (χ0n) is 21.7. The molecule has 10 nitrogen and oxygen atoms in total. The molecule has 1 fully saturated rings. The number of hydrogen-bond donors (Lipinski definition) is 2. The summed E-state index contributed by atoms with van der Waals surface area (Å²) in [6.45, 7) is 6.40. The number of rotatable bonds is 10. The maximum Gasteiger partial charge on any atom is 0.338 e. The van der Waals surface area contributed by atoms with Gasteiger partial charge in [0.2, 0.25) is 5.75 Å². The second kappa shape index (κ2) is 12.3. The van der Waals surface area contributed by atoms with Gasteiger partial charge in [0.15, 0.2) is 11.5 Å². The molecule has 0 aliphatic carbocycles. The third-order valence-corrected chi connectivity index (χ3v) is 7.44. The number of nitrogens with one attached hydrogen (secondary N) is 2. The van der Waals surface area contributed by atoms with E-state index in [1.807, 2.05) is 29.6 Å². The highest BCUT2D eigenvalue weighted by molar-refractivity contribution is 7.10. The van der Waals surface area contributed by atoms with E-state index >= 15 is 0 Å². The number of piperazine rings is 1. The van der Waals surface area contributed by atoms with Crippen LogP contribution in [0.15, 0.2) is 40.9 Å². The number of methoxy groups -OCH3 is 3. The molecule has 0 saturated carbocycles. The first-order valence-electron chi connectivity index (χ1n) is 12.2. The van der Waals surface area contributed by atoms with Crippen LogP contribution in [-0.2, 0) is 16.1 Å². The SMILES string of the molecule is CCOC(=O)C1=C(CN2CCN(Cc3ccc(OC)c(OC)c3OC)CC2)NC(=O)N[C@@H]1c1cccs1. The van der Waals surface area contributed by atoms with Crippen molar-refractivity contribution in [3.05, 3.63) is 51.4 Å². The lowest BCUT2D eigenvalue weighted by Crippen LogP contribution is -2.51. The lowest BCUT2D eigenvalue weighted by Gasteiger charge is -2.37. The molecule has 4 rings (SSSR count). The number of esters is 1. The first kappa shape index (κ1) is 26.8. The van der Waals surface area contributed by atoms with Crippen LogP contribution in [0, 0.1) is 0 Å². The maximum atomic E-state index is 13.0. The van der Waals surface area contributed by atoms with Crippen LogP contribution in [-0.4, -0.2) is 82.5 Å². The van der Waals surface area contributed by atoms with Crippen LogP contribution in [0.25, 0.3) is 0 Å². The van der Waals surface area contributed by atoms with Crippen molar-refractivity contribution >= 4 is 23.3 Å². The third-order valence-electron chi connectivity index (χ3n) is 6.50. The van der Waals surface area contributed by atoms with Gasteiger partial charge in [-0.2, -0.15) is 0 Å². The van der Waals surface area contributed by atoms with Gasteiger partial charge in [-0.3, -0.25) is 9.80 Å². The average Bonchev–Trinajstić information content (AvgIpc) is 3.44. The van der Waals surface area contributed by atoms with Crippen molar-refractivity contribution in [3.8, 4) is 17.2 Å². The first-order valence-corrected chi connectivity index (χ1v) is 13.1. The Bertz CT molecular complexity index is 1130. The Hall–Kier alpha value is -3.28. The average molecular weight is 531 g/mol. The fraction of sp³-hybridized carbons (Fsp3) is 0.462. The van der Waals surface area contributed by atoms with Gasteiger partial charge < -0.3 is 29.6 Å². The lowest BCUT2D eigenvalue weighted by molar-refractivity contribution is -0.139. The van der Waals surface area contributed by atoms with Crippen molar-refractivity contribution in [2.45, 2.75) is 19.5 Å². The largest absolute Gasteiger partial charge is 0.493 e. The molecule has 11 heteroatoms. The Kier molecular flexibility index (Phi) is 8.91. The summed E-state index contributed by atoms with van der Waals surface area (Å²) in [4.78, 5) is 30.9. The van der Waals surface area contributed by atoms with E-state index < -0.39 is 12.0 Å². The Morgan fingerprint density at radius 1 is 1.00 bits per heavy atom. The summed E-state index contributed by atoms with van der Waals surface area (Å²) in [6, 6.07) is 6.86. The molecule has 2 aliphatic rings. The second-order valence-corrected chi connectivity index (χ2v) is 9.68. The highest BCUT2D eigenvalue weighted by Gasteiger charge is 2.35. The molecule has 37 heavy (non-hydrogen) atoms. The van der Waals surface area contributed by atoms with E-state index in [1.165, 1.54) is 11.3 Å². The van der Waals surface area contributed by atoms with Crippen molar-refractivity contribution in [3.63, 3.8) is 0 Å². The predicted octanol–water partition coefficient (Wildman–Crippen LogP) is 2.76. The van der Waals surface area contributed by atoms with E-state index in [9.17, 15) is 9.59 Å². The summed E-state index contributed by atoms with van der Waals surface area (Å²) < 4.78 is 21.9. The molecule has 0 spiro atoms. The highest BCUT2D eigenvalue weighted by atomic mass is 32.1. The smallest absolute Gasteiger partial charge is 0.338 e. The summed E-state index contributed by atoms with van der Waals surface area (Å²) in [5.74, 6) is 1.47. The Balaban J connectivity index is 1.47. The number of carbonyl (C=O) groups is 2. The first-order chi connectivity index (χ1) is 18.0. The van der Waals surface area contributed by atoms with Gasteiger partial charge in [0.1, 0.15) is 0 Å². The summed E-state index contributed by atoms with van der Waals surface area (Å²) in [5.41, 5.74) is 2.07. The zero-order chi connectivity index (χ0) is 26.4. The Labute approximate surface area is 221 Å². The molecule has 2 amide bonds. The van der Waals surface area contributed by atoms with Gasteiger partial charge in [0.25, 0.3) is 0 Å². The maximum absolute atomic E-state index is 13.0. The number of carbonyl (C=O) groups excluding carboxylic acids is 2. The summed E-state index contributed by atoms with van der Waals surface area (Å²) >= 11 is 1.50. The van der Waals surface area contributed by atoms with Gasteiger partial charge in [-0.25, -0.2) is 9.59 Å². The molecular weight excluding hydrogens is 496 g/mol. The van der Waals surface area contributed by atoms with Crippen LogP contribution in [0.2, 0.25) is 0 Å². The summed E-state index contributed by atoms with van der Waals surface area (Å²) in [5, 5.41) is 7.68. The molecular formula is C26H34N4O6S. The van der Waals surface area contributed by atoms with Gasteiger partial charge in [-0.1, -0.05) is 12.1 Å². The predicted molar refractivity (Wildman–Crippen MR) is 140 cm³/mol. The fourth-order valence-electron chi connectivity index (χ4n) is 4.72. The summed E-state index contributed by atoms with van der Waals surface area (Å²) in [6.07, 6.45) is 0. The number of nitrogens with zero attached hydrogens (tertiary/aromatic N) is 2. The molecule has 0 radical (unpaired) electrons. The minimum absolute atomic E-state index is 0.263. The van der Waals surface area contributed by atoms with E-state index in [-0.39, 0.29) is 12.6 Å². The molecule has 1 aromatic heterocycles. The van der Waals surface area contributed by atoms with Crippen LogP contribution in [0.4, 0.5) is 4.79 Å². The molecule has 1 atom stereocenters. The molecule has 2 N–H and O–H groups in total. The molecule has 1 aromatic carbocycles. The topological polar surface area (TPSA) is 102 Å². The second-order valence-electron chi connectivity index (χ2n) is 8.71.